The highest BCUT2D eigenvalue weighted by atomic mass is 79.9. The van der Waals surface area contributed by atoms with Gasteiger partial charge in [0.25, 0.3) is 0 Å². The predicted molar refractivity (Wildman–Crippen MR) is 75.1 cm³/mol. The minimum absolute atomic E-state index is 0.175. The van der Waals surface area contributed by atoms with E-state index in [2.05, 4.69) is 74.0 Å². The summed E-state index contributed by atoms with van der Waals surface area (Å²) in [5, 5.41) is 2.67. The highest BCUT2D eigenvalue weighted by Crippen LogP contribution is 2.35. The van der Waals surface area contributed by atoms with Gasteiger partial charge in [0.2, 0.25) is 0 Å². The van der Waals surface area contributed by atoms with E-state index in [4.69, 9.17) is 0 Å². The smallest absolute Gasteiger partial charge is 0.0256 e. The molecule has 0 atom stereocenters. The van der Waals surface area contributed by atoms with E-state index in [1.165, 1.54) is 26.4 Å². The standard InChI is InChI=1S/C15H17Br/c1-10-8-11-6-5-7-13(16)14(11)12(9-10)15(2,3)4/h5-9H,1-4H3. The fraction of sp³-hybridized carbons (Fsp3) is 0.333. The summed E-state index contributed by atoms with van der Waals surface area (Å²) in [5.41, 5.74) is 2.92. The highest BCUT2D eigenvalue weighted by molar-refractivity contribution is 9.10. The topological polar surface area (TPSA) is 0 Å². The molecule has 0 saturated carbocycles. The largest absolute Gasteiger partial charge is 0.0605 e. The number of hydrogen-bond acceptors (Lipinski definition) is 0. The zero-order valence-electron chi connectivity index (χ0n) is 10.3. The molecule has 0 radical (unpaired) electrons. The lowest BCUT2D eigenvalue weighted by Crippen LogP contribution is -2.12. The van der Waals surface area contributed by atoms with Crippen LogP contribution >= 0.6 is 15.9 Å². The lowest BCUT2D eigenvalue weighted by atomic mass is 9.83. The van der Waals surface area contributed by atoms with Gasteiger partial charge < -0.3 is 0 Å². The van der Waals surface area contributed by atoms with Gasteiger partial charge >= 0.3 is 0 Å². The van der Waals surface area contributed by atoms with Gasteiger partial charge in [-0.15, -0.1) is 0 Å². The zero-order chi connectivity index (χ0) is 11.9. The van der Waals surface area contributed by atoms with E-state index in [9.17, 15) is 0 Å². The second-order valence-corrected chi connectivity index (χ2v) is 6.25. The van der Waals surface area contributed by atoms with Gasteiger partial charge in [0.15, 0.2) is 0 Å². The molecule has 0 saturated heterocycles. The van der Waals surface area contributed by atoms with E-state index in [1.54, 1.807) is 0 Å². The molecule has 0 aliphatic heterocycles. The third-order valence-electron chi connectivity index (χ3n) is 2.88. The quantitative estimate of drug-likeness (QED) is 0.620. The number of aryl methyl sites for hydroxylation is 1. The summed E-state index contributed by atoms with van der Waals surface area (Å²) in [6, 6.07) is 10.9. The second-order valence-electron chi connectivity index (χ2n) is 5.40. The molecule has 0 N–H and O–H groups in total. The first-order valence-electron chi connectivity index (χ1n) is 5.59. The number of fused-ring (bicyclic) bond motifs is 1. The molecule has 2 aromatic carbocycles. The molecule has 0 bridgehead atoms. The maximum Gasteiger partial charge on any atom is 0.0256 e. The van der Waals surface area contributed by atoms with Crippen LogP contribution in [0.4, 0.5) is 0 Å². The van der Waals surface area contributed by atoms with Crippen LogP contribution in [0.2, 0.25) is 0 Å². The lowest BCUT2D eigenvalue weighted by molar-refractivity contribution is 0.595. The maximum absolute atomic E-state index is 3.66. The second kappa shape index (κ2) is 3.89. The van der Waals surface area contributed by atoms with Crippen LogP contribution in [0.25, 0.3) is 10.8 Å². The molecule has 2 rings (SSSR count). The third kappa shape index (κ3) is 2.01. The first-order valence-corrected chi connectivity index (χ1v) is 6.38. The monoisotopic (exact) mass is 276 g/mol. The molecule has 0 aliphatic carbocycles. The zero-order valence-corrected chi connectivity index (χ0v) is 11.9. The Bertz CT molecular complexity index is 533. The van der Waals surface area contributed by atoms with Gasteiger partial charge in [-0.2, -0.15) is 0 Å². The van der Waals surface area contributed by atoms with Gasteiger partial charge in [0, 0.05) is 4.47 Å². The van der Waals surface area contributed by atoms with Gasteiger partial charge in [-0.3, -0.25) is 0 Å². The van der Waals surface area contributed by atoms with Gasteiger partial charge in [-0.05, 0) is 34.7 Å². The molecule has 0 spiro atoms. The van der Waals surface area contributed by atoms with Crippen LogP contribution in [0.1, 0.15) is 31.9 Å². The molecule has 84 valence electrons. The first-order chi connectivity index (χ1) is 7.39. The van der Waals surface area contributed by atoms with Crippen molar-refractivity contribution < 1.29 is 0 Å². The number of hydrogen-bond donors (Lipinski definition) is 0. The molecule has 0 fully saturated rings. The maximum atomic E-state index is 3.66. The molecule has 0 nitrogen and oxygen atoms in total. The van der Waals surface area contributed by atoms with E-state index < -0.39 is 0 Å². The summed E-state index contributed by atoms with van der Waals surface area (Å²) >= 11 is 3.66. The van der Waals surface area contributed by atoms with Crippen molar-refractivity contribution in [3.05, 3.63) is 45.9 Å². The fourth-order valence-corrected chi connectivity index (χ4v) is 2.72. The van der Waals surface area contributed by atoms with Crippen molar-refractivity contribution >= 4 is 26.7 Å². The summed E-state index contributed by atoms with van der Waals surface area (Å²) in [7, 11) is 0. The van der Waals surface area contributed by atoms with Crippen molar-refractivity contribution in [1.29, 1.82) is 0 Å². The van der Waals surface area contributed by atoms with Crippen LogP contribution in [0, 0.1) is 6.92 Å². The van der Waals surface area contributed by atoms with Gasteiger partial charge in [-0.1, -0.05) is 66.5 Å². The summed E-state index contributed by atoms with van der Waals surface area (Å²) in [4.78, 5) is 0. The molecule has 0 unspecified atom stereocenters. The first kappa shape index (κ1) is 11.7. The van der Waals surface area contributed by atoms with Gasteiger partial charge in [-0.25, -0.2) is 0 Å². The van der Waals surface area contributed by atoms with Crippen molar-refractivity contribution in [2.45, 2.75) is 33.1 Å². The molecule has 0 aromatic heterocycles. The van der Waals surface area contributed by atoms with E-state index in [1.807, 2.05) is 0 Å². The summed E-state index contributed by atoms with van der Waals surface area (Å²) < 4.78 is 1.19. The van der Waals surface area contributed by atoms with Crippen LogP contribution < -0.4 is 0 Å². The minimum Gasteiger partial charge on any atom is -0.0605 e. The lowest BCUT2D eigenvalue weighted by Gasteiger charge is -2.23. The number of halogens is 1. The fourth-order valence-electron chi connectivity index (χ4n) is 2.12. The van der Waals surface area contributed by atoms with Crippen molar-refractivity contribution in [3.8, 4) is 0 Å². The van der Waals surface area contributed by atoms with E-state index >= 15 is 0 Å². The van der Waals surface area contributed by atoms with Gasteiger partial charge in [0.05, 0.1) is 0 Å². The van der Waals surface area contributed by atoms with Crippen molar-refractivity contribution in [3.63, 3.8) is 0 Å². The number of rotatable bonds is 0. The Hall–Kier alpha value is -0.820. The van der Waals surface area contributed by atoms with Crippen LogP contribution in [0.15, 0.2) is 34.8 Å². The SMILES string of the molecule is Cc1cc(C(C)(C)C)c2c(Br)cccc2c1. The molecular formula is C15H17Br. The number of benzene rings is 2. The minimum atomic E-state index is 0.175. The van der Waals surface area contributed by atoms with Crippen molar-refractivity contribution in [2.24, 2.45) is 0 Å². The van der Waals surface area contributed by atoms with Crippen LogP contribution in [0.5, 0.6) is 0 Å². The van der Waals surface area contributed by atoms with Crippen LogP contribution in [-0.4, -0.2) is 0 Å². The molecule has 16 heavy (non-hydrogen) atoms. The Kier molecular flexibility index (Phi) is 2.83. The van der Waals surface area contributed by atoms with Crippen LogP contribution in [-0.2, 0) is 5.41 Å². The average molecular weight is 277 g/mol. The van der Waals surface area contributed by atoms with E-state index in [0.717, 1.165) is 0 Å². The molecule has 0 amide bonds. The molecule has 1 heteroatoms. The predicted octanol–water partition coefficient (Wildman–Crippen LogP) is 5.21. The normalized spacial score (nSPS) is 12.1. The third-order valence-corrected chi connectivity index (χ3v) is 3.54. The van der Waals surface area contributed by atoms with E-state index in [0.29, 0.717) is 0 Å². The van der Waals surface area contributed by atoms with Crippen molar-refractivity contribution in [1.82, 2.24) is 0 Å². The van der Waals surface area contributed by atoms with Gasteiger partial charge in [0.1, 0.15) is 0 Å². The molecular weight excluding hydrogens is 260 g/mol. The average Bonchev–Trinajstić information content (AvgIpc) is 2.15. The molecule has 2 aromatic rings. The molecule has 0 aliphatic rings. The Morgan fingerprint density at radius 1 is 1.06 bits per heavy atom. The van der Waals surface area contributed by atoms with Crippen molar-refractivity contribution in [2.75, 3.05) is 0 Å². The summed E-state index contributed by atoms with van der Waals surface area (Å²) in [5.74, 6) is 0. The Balaban J connectivity index is 2.91. The van der Waals surface area contributed by atoms with E-state index in [-0.39, 0.29) is 5.41 Å². The van der Waals surface area contributed by atoms with Crippen LogP contribution in [0.3, 0.4) is 0 Å². The highest BCUT2D eigenvalue weighted by Gasteiger charge is 2.18. The molecule has 0 heterocycles. The summed E-state index contributed by atoms with van der Waals surface area (Å²) in [6.45, 7) is 8.96. The Labute approximate surface area is 106 Å². The Morgan fingerprint density at radius 3 is 2.38 bits per heavy atom. The summed E-state index contributed by atoms with van der Waals surface area (Å²) in [6.07, 6.45) is 0. The Morgan fingerprint density at radius 2 is 1.75 bits per heavy atom.